The van der Waals surface area contributed by atoms with Crippen LogP contribution in [0.25, 0.3) is 0 Å². The topological polar surface area (TPSA) is 80.4 Å². The van der Waals surface area contributed by atoms with E-state index in [-0.39, 0.29) is 17.8 Å². The molecule has 1 amide bonds. The number of carbonyl (C=O) groups excluding carboxylic acids is 2. The summed E-state index contributed by atoms with van der Waals surface area (Å²) in [6.45, 7) is 1.24. The number of hydrogen-bond donors (Lipinski definition) is 2. The first-order chi connectivity index (χ1) is 11.7. The van der Waals surface area contributed by atoms with E-state index in [4.69, 9.17) is 9.47 Å². The van der Waals surface area contributed by atoms with Crippen molar-refractivity contribution in [1.82, 2.24) is 10.3 Å². The molecule has 1 aromatic heterocycles. The minimum atomic E-state index is -0.241. The van der Waals surface area contributed by atoms with Crippen molar-refractivity contribution in [2.75, 3.05) is 20.3 Å². The van der Waals surface area contributed by atoms with Crippen molar-refractivity contribution in [2.45, 2.75) is 18.9 Å². The van der Waals surface area contributed by atoms with Gasteiger partial charge in [0.2, 0.25) is 0 Å². The lowest BCUT2D eigenvalue weighted by Crippen LogP contribution is -2.31. The Bertz CT molecular complexity index is 732. The molecule has 126 valence electrons. The van der Waals surface area contributed by atoms with E-state index < -0.39 is 0 Å². The number of rotatable bonds is 6. The zero-order valence-corrected chi connectivity index (χ0v) is 13.5. The number of carbonyl (C=O) groups is 2. The molecule has 0 unspecified atom stereocenters. The molecular formula is C18H20N2O4. The zero-order valence-electron chi connectivity index (χ0n) is 13.5. The highest BCUT2D eigenvalue weighted by molar-refractivity contribution is 6.10. The van der Waals surface area contributed by atoms with Crippen LogP contribution in [0.5, 0.6) is 5.75 Å². The number of H-pyrrole nitrogens is 1. The number of ether oxygens (including phenoxy) is 2. The van der Waals surface area contributed by atoms with Crippen molar-refractivity contribution in [1.29, 1.82) is 0 Å². The van der Waals surface area contributed by atoms with Crippen LogP contribution in [-0.4, -0.2) is 43.0 Å². The fraction of sp³-hybridized carbons (Fsp3) is 0.333. The van der Waals surface area contributed by atoms with E-state index in [0.29, 0.717) is 29.1 Å². The number of amides is 1. The van der Waals surface area contributed by atoms with E-state index in [2.05, 4.69) is 10.3 Å². The van der Waals surface area contributed by atoms with Gasteiger partial charge in [-0.3, -0.25) is 9.59 Å². The predicted molar refractivity (Wildman–Crippen MR) is 88.5 cm³/mol. The van der Waals surface area contributed by atoms with E-state index in [1.165, 1.54) is 0 Å². The molecule has 1 fully saturated rings. The van der Waals surface area contributed by atoms with Gasteiger partial charge in [0.15, 0.2) is 5.78 Å². The quantitative estimate of drug-likeness (QED) is 0.796. The molecule has 3 rings (SSSR count). The van der Waals surface area contributed by atoms with Gasteiger partial charge in [-0.2, -0.15) is 0 Å². The lowest BCUT2D eigenvalue weighted by atomic mass is 10.1. The van der Waals surface area contributed by atoms with Gasteiger partial charge in [-0.1, -0.05) is 12.1 Å². The average molecular weight is 328 g/mol. The Kier molecular flexibility index (Phi) is 4.96. The predicted octanol–water partition coefficient (Wildman–Crippen LogP) is 2.16. The highest BCUT2D eigenvalue weighted by Gasteiger charge is 2.18. The van der Waals surface area contributed by atoms with E-state index in [0.717, 1.165) is 19.4 Å². The van der Waals surface area contributed by atoms with Crippen molar-refractivity contribution in [3.63, 3.8) is 0 Å². The van der Waals surface area contributed by atoms with E-state index in [9.17, 15) is 9.59 Å². The molecule has 1 aromatic carbocycles. The van der Waals surface area contributed by atoms with Crippen LogP contribution in [0.2, 0.25) is 0 Å². The van der Waals surface area contributed by atoms with Crippen molar-refractivity contribution in [3.8, 4) is 5.75 Å². The molecule has 0 bridgehead atoms. The van der Waals surface area contributed by atoms with Gasteiger partial charge < -0.3 is 19.8 Å². The van der Waals surface area contributed by atoms with Crippen molar-refractivity contribution in [3.05, 3.63) is 53.3 Å². The molecule has 0 saturated carbocycles. The summed E-state index contributed by atoms with van der Waals surface area (Å²) in [5, 5.41) is 2.82. The summed E-state index contributed by atoms with van der Waals surface area (Å²) >= 11 is 0. The van der Waals surface area contributed by atoms with E-state index in [1.54, 1.807) is 43.6 Å². The summed E-state index contributed by atoms with van der Waals surface area (Å²) in [7, 11) is 1.55. The second-order valence-electron chi connectivity index (χ2n) is 5.71. The third-order valence-electron chi connectivity index (χ3n) is 4.04. The molecule has 2 N–H and O–H groups in total. The van der Waals surface area contributed by atoms with Gasteiger partial charge in [-0.05, 0) is 31.0 Å². The summed E-state index contributed by atoms with van der Waals surface area (Å²) in [5.74, 6) is 0.212. The molecule has 1 aliphatic rings. The van der Waals surface area contributed by atoms with Crippen molar-refractivity contribution in [2.24, 2.45) is 0 Å². The van der Waals surface area contributed by atoms with Crippen LogP contribution in [0.15, 0.2) is 36.5 Å². The first-order valence-electron chi connectivity index (χ1n) is 7.94. The Morgan fingerprint density at radius 2 is 2.21 bits per heavy atom. The number of hydrogen-bond acceptors (Lipinski definition) is 4. The first kappa shape index (κ1) is 16.3. The maximum Gasteiger partial charge on any atom is 0.267 e. The average Bonchev–Trinajstić information content (AvgIpc) is 3.30. The standard InChI is InChI=1S/C18H20N2O4/c1-23-14-5-2-4-12(8-14)17(21)13-9-16(19-10-13)18(22)20-11-15-6-3-7-24-15/h2,4-5,8-10,15,19H,3,6-7,11H2,1H3,(H,20,22)/t15-/m1/s1. The Morgan fingerprint density at radius 1 is 1.33 bits per heavy atom. The van der Waals surface area contributed by atoms with Crippen LogP contribution in [0.4, 0.5) is 0 Å². The highest BCUT2D eigenvalue weighted by Crippen LogP contribution is 2.17. The van der Waals surface area contributed by atoms with Crippen LogP contribution in [0.3, 0.4) is 0 Å². The van der Waals surface area contributed by atoms with Crippen molar-refractivity contribution >= 4 is 11.7 Å². The molecule has 6 heteroatoms. The number of methoxy groups -OCH3 is 1. The second-order valence-corrected chi connectivity index (χ2v) is 5.71. The summed E-state index contributed by atoms with van der Waals surface area (Å²) in [4.78, 5) is 27.5. The molecule has 0 aliphatic carbocycles. The Balaban J connectivity index is 1.65. The second kappa shape index (κ2) is 7.31. The van der Waals surface area contributed by atoms with Gasteiger partial charge in [-0.15, -0.1) is 0 Å². The Morgan fingerprint density at radius 3 is 2.96 bits per heavy atom. The largest absolute Gasteiger partial charge is 0.497 e. The Labute approximate surface area is 140 Å². The molecule has 2 heterocycles. The molecule has 6 nitrogen and oxygen atoms in total. The maximum atomic E-state index is 12.5. The van der Waals surface area contributed by atoms with Crippen LogP contribution in [0, 0.1) is 0 Å². The molecule has 2 aromatic rings. The highest BCUT2D eigenvalue weighted by atomic mass is 16.5. The third-order valence-corrected chi connectivity index (χ3v) is 4.04. The third kappa shape index (κ3) is 3.65. The van der Waals surface area contributed by atoms with Crippen molar-refractivity contribution < 1.29 is 19.1 Å². The lowest BCUT2D eigenvalue weighted by Gasteiger charge is -2.09. The number of ketones is 1. The monoisotopic (exact) mass is 328 g/mol. The minimum Gasteiger partial charge on any atom is -0.497 e. The number of aromatic amines is 1. The molecule has 24 heavy (non-hydrogen) atoms. The van der Waals surface area contributed by atoms with E-state index in [1.807, 2.05) is 0 Å². The normalized spacial score (nSPS) is 16.8. The first-order valence-corrected chi connectivity index (χ1v) is 7.94. The van der Waals surface area contributed by atoms with Crippen LogP contribution in [-0.2, 0) is 4.74 Å². The van der Waals surface area contributed by atoms with Crippen LogP contribution >= 0.6 is 0 Å². The van der Waals surface area contributed by atoms with Gasteiger partial charge in [0.1, 0.15) is 11.4 Å². The molecule has 1 atom stereocenters. The Hall–Kier alpha value is -2.60. The molecular weight excluding hydrogens is 308 g/mol. The van der Waals surface area contributed by atoms with E-state index >= 15 is 0 Å². The minimum absolute atomic E-state index is 0.0850. The van der Waals surface area contributed by atoms with Gasteiger partial charge in [0, 0.05) is 30.5 Å². The van der Waals surface area contributed by atoms with Crippen LogP contribution in [0.1, 0.15) is 39.3 Å². The molecule has 1 aliphatic heterocycles. The smallest absolute Gasteiger partial charge is 0.267 e. The van der Waals surface area contributed by atoms with Gasteiger partial charge >= 0.3 is 0 Å². The maximum absolute atomic E-state index is 12.5. The summed E-state index contributed by atoms with van der Waals surface area (Å²) < 4.78 is 10.6. The molecule has 0 radical (unpaired) electrons. The number of benzene rings is 1. The number of nitrogens with one attached hydrogen (secondary N) is 2. The summed E-state index contributed by atoms with van der Waals surface area (Å²) in [5.41, 5.74) is 1.31. The van der Waals surface area contributed by atoms with Gasteiger partial charge in [0.05, 0.1) is 13.2 Å². The number of aromatic nitrogens is 1. The van der Waals surface area contributed by atoms with Gasteiger partial charge in [-0.25, -0.2) is 0 Å². The summed E-state index contributed by atoms with van der Waals surface area (Å²) in [6.07, 6.45) is 3.62. The van der Waals surface area contributed by atoms with Gasteiger partial charge in [0.25, 0.3) is 5.91 Å². The summed E-state index contributed by atoms with van der Waals surface area (Å²) in [6, 6.07) is 8.49. The fourth-order valence-corrected chi connectivity index (χ4v) is 2.69. The molecule has 0 spiro atoms. The SMILES string of the molecule is COc1cccc(C(=O)c2c[nH]c(C(=O)NC[C@H]3CCCO3)c2)c1. The zero-order chi connectivity index (χ0) is 16.9. The fourth-order valence-electron chi connectivity index (χ4n) is 2.69. The lowest BCUT2D eigenvalue weighted by molar-refractivity contribution is 0.0854. The molecule has 1 saturated heterocycles. The van der Waals surface area contributed by atoms with Crippen LogP contribution < -0.4 is 10.1 Å².